The zero-order valence-corrected chi connectivity index (χ0v) is 16.3. The van der Waals surface area contributed by atoms with Crippen LogP contribution in [0.3, 0.4) is 0 Å². The molecule has 3 rings (SSSR count). The number of nitrogens with zero attached hydrogens (tertiary/aromatic N) is 1. The number of aryl methyl sites for hydroxylation is 2. The molecule has 0 bridgehead atoms. The molecule has 1 aromatic carbocycles. The van der Waals surface area contributed by atoms with Crippen LogP contribution in [0.4, 0.5) is 5.69 Å². The summed E-state index contributed by atoms with van der Waals surface area (Å²) in [6, 6.07) is 5.69. The van der Waals surface area contributed by atoms with E-state index < -0.39 is 18.5 Å². The van der Waals surface area contributed by atoms with Gasteiger partial charge >= 0.3 is 5.97 Å². The molecule has 0 unspecified atom stereocenters. The molecule has 1 aliphatic heterocycles. The number of amides is 3. The number of esters is 1. The van der Waals surface area contributed by atoms with Crippen molar-refractivity contribution in [3.05, 3.63) is 29.3 Å². The molecule has 0 aromatic heterocycles. The second-order valence-electron chi connectivity index (χ2n) is 7.60. The highest BCUT2D eigenvalue weighted by Gasteiger charge is 2.47. The number of carbonyl (C=O) groups is 4. The van der Waals surface area contributed by atoms with Crippen LogP contribution in [0.25, 0.3) is 0 Å². The monoisotopic (exact) mass is 386 g/mol. The van der Waals surface area contributed by atoms with Gasteiger partial charge in [0.1, 0.15) is 0 Å². The standard InChI is InChI=1S/C21H26N2O5/c1-13-7-8-14(2)17(11-13)22-18(24)12-28-19(25)9-10-23-20(26)15-5-3-4-6-16(15)21(23)27/h7-8,11,15-16H,3-6,9-10,12H2,1-2H3,(H,22,24)/t15-,16+. The number of anilines is 1. The van der Waals surface area contributed by atoms with Crippen LogP contribution in [0.2, 0.25) is 0 Å². The fourth-order valence-corrected chi connectivity index (χ4v) is 3.93. The zero-order valence-electron chi connectivity index (χ0n) is 16.3. The molecule has 28 heavy (non-hydrogen) atoms. The summed E-state index contributed by atoms with van der Waals surface area (Å²) in [6.07, 6.45) is 3.31. The van der Waals surface area contributed by atoms with Gasteiger partial charge in [0.25, 0.3) is 5.91 Å². The maximum absolute atomic E-state index is 12.4. The summed E-state index contributed by atoms with van der Waals surface area (Å²) in [6.45, 7) is 3.41. The summed E-state index contributed by atoms with van der Waals surface area (Å²) < 4.78 is 4.99. The van der Waals surface area contributed by atoms with Crippen molar-refractivity contribution >= 4 is 29.4 Å². The van der Waals surface area contributed by atoms with Crippen LogP contribution in [0.5, 0.6) is 0 Å². The average molecular weight is 386 g/mol. The Morgan fingerprint density at radius 3 is 2.39 bits per heavy atom. The van der Waals surface area contributed by atoms with Gasteiger partial charge in [-0.3, -0.25) is 24.1 Å². The highest BCUT2D eigenvalue weighted by molar-refractivity contribution is 6.05. The summed E-state index contributed by atoms with van der Waals surface area (Å²) in [7, 11) is 0. The quantitative estimate of drug-likeness (QED) is 0.598. The van der Waals surface area contributed by atoms with Gasteiger partial charge < -0.3 is 10.1 Å². The largest absolute Gasteiger partial charge is 0.456 e. The lowest BCUT2D eigenvalue weighted by Gasteiger charge is -2.19. The molecule has 1 aliphatic carbocycles. The normalized spacial score (nSPS) is 21.4. The SMILES string of the molecule is Cc1ccc(C)c(NC(=O)COC(=O)CCN2C(=O)[C@H]3CCCC[C@H]3C2=O)c1. The third kappa shape index (κ3) is 4.40. The Morgan fingerprint density at radius 2 is 1.75 bits per heavy atom. The molecule has 7 nitrogen and oxygen atoms in total. The van der Waals surface area contributed by atoms with Gasteiger partial charge in [-0.1, -0.05) is 25.0 Å². The van der Waals surface area contributed by atoms with Gasteiger partial charge in [-0.05, 0) is 43.9 Å². The first-order valence-corrected chi connectivity index (χ1v) is 9.75. The third-order valence-electron chi connectivity index (χ3n) is 5.50. The molecule has 2 aliphatic rings. The van der Waals surface area contributed by atoms with E-state index in [1.54, 1.807) is 0 Å². The molecule has 1 aromatic rings. The first-order valence-electron chi connectivity index (χ1n) is 9.75. The van der Waals surface area contributed by atoms with Gasteiger partial charge in [-0.25, -0.2) is 0 Å². The average Bonchev–Trinajstić information content (AvgIpc) is 2.92. The lowest BCUT2D eigenvalue weighted by molar-refractivity contribution is -0.148. The molecule has 1 heterocycles. The summed E-state index contributed by atoms with van der Waals surface area (Å²) in [5.74, 6) is -1.82. The Morgan fingerprint density at radius 1 is 1.11 bits per heavy atom. The second kappa shape index (κ2) is 8.54. The highest BCUT2D eigenvalue weighted by atomic mass is 16.5. The minimum Gasteiger partial charge on any atom is -0.456 e. The molecule has 150 valence electrons. The predicted molar refractivity (Wildman–Crippen MR) is 102 cm³/mol. The van der Waals surface area contributed by atoms with Crippen molar-refractivity contribution < 1.29 is 23.9 Å². The van der Waals surface area contributed by atoms with Crippen LogP contribution < -0.4 is 5.32 Å². The van der Waals surface area contributed by atoms with Crippen molar-refractivity contribution in [2.24, 2.45) is 11.8 Å². The first-order chi connectivity index (χ1) is 13.4. The van der Waals surface area contributed by atoms with Crippen molar-refractivity contribution in [1.82, 2.24) is 4.90 Å². The molecular weight excluding hydrogens is 360 g/mol. The molecule has 7 heteroatoms. The van der Waals surface area contributed by atoms with Crippen LogP contribution in [0.1, 0.15) is 43.2 Å². The fourth-order valence-electron chi connectivity index (χ4n) is 3.93. The molecule has 0 radical (unpaired) electrons. The van der Waals surface area contributed by atoms with E-state index in [4.69, 9.17) is 4.74 Å². The van der Waals surface area contributed by atoms with E-state index in [1.165, 1.54) is 4.90 Å². The Balaban J connectivity index is 1.44. The first kappa shape index (κ1) is 20.0. The molecule has 1 saturated carbocycles. The maximum Gasteiger partial charge on any atom is 0.308 e. The van der Waals surface area contributed by atoms with E-state index in [-0.39, 0.29) is 36.6 Å². The minimum atomic E-state index is -0.605. The summed E-state index contributed by atoms with van der Waals surface area (Å²) in [4.78, 5) is 49.9. The smallest absolute Gasteiger partial charge is 0.308 e. The molecule has 2 atom stereocenters. The zero-order chi connectivity index (χ0) is 20.3. The summed E-state index contributed by atoms with van der Waals surface area (Å²) in [5.41, 5.74) is 2.60. The van der Waals surface area contributed by atoms with Crippen molar-refractivity contribution in [1.29, 1.82) is 0 Å². The Labute approximate surface area is 164 Å². The number of imide groups is 1. The number of benzene rings is 1. The number of carbonyl (C=O) groups excluding carboxylic acids is 4. The van der Waals surface area contributed by atoms with Crippen LogP contribution in [-0.2, 0) is 23.9 Å². The van der Waals surface area contributed by atoms with Crippen LogP contribution in [0, 0.1) is 25.7 Å². The van der Waals surface area contributed by atoms with Crippen molar-refractivity contribution in [3.8, 4) is 0 Å². The number of likely N-dealkylation sites (tertiary alicyclic amines) is 1. The van der Waals surface area contributed by atoms with Gasteiger partial charge in [0.15, 0.2) is 6.61 Å². The van der Waals surface area contributed by atoms with Gasteiger partial charge in [0.05, 0.1) is 18.3 Å². The van der Waals surface area contributed by atoms with Crippen LogP contribution in [0.15, 0.2) is 18.2 Å². The summed E-state index contributed by atoms with van der Waals surface area (Å²) >= 11 is 0. The number of fused-ring (bicyclic) bond motifs is 1. The number of rotatable bonds is 6. The second-order valence-corrected chi connectivity index (χ2v) is 7.60. The predicted octanol–water partition coefficient (Wildman–Crippen LogP) is 2.35. The Hall–Kier alpha value is -2.70. The summed E-state index contributed by atoms with van der Waals surface area (Å²) in [5, 5.41) is 2.72. The van der Waals surface area contributed by atoms with E-state index in [1.807, 2.05) is 32.0 Å². The third-order valence-corrected chi connectivity index (χ3v) is 5.50. The van der Waals surface area contributed by atoms with Crippen molar-refractivity contribution in [2.75, 3.05) is 18.5 Å². The van der Waals surface area contributed by atoms with Gasteiger partial charge in [-0.2, -0.15) is 0 Å². The van der Waals surface area contributed by atoms with Gasteiger partial charge in [0.2, 0.25) is 11.8 Å². The van der Waals surface area contributed by atoms with E-state index >= 15 is 0 Å². The lowest BCUT2D eigenvalue weighted by atomic mass is 9.81. The number of ether oxygens (including phenoxy) is 1. The van der Waals surface area contributed by atoms with Crippen molar-refractivity contribution in [3.63, 3.8) is 0 Å². The highest BCUT2D eigenvalue weighted by Crippen LogP contribution is 2.37. The lowest BCUT2D eigenvalue weighted by Crippen LogP contribution is -2.33. The number of nitrogens with one attached hydrogen (secondary N) is 1. The number of hydrogen-bond acceptors (Lipinski definition) is 5. The fraction of sp³-hybridized carbons (Fsp3) is 0.524. The van der Waals surface area contributed by atoms with E-state index in [9.17, 15) is 19.2 Å². The van der Waals surface area contributed by atoms with E-state index in [2.05, 4.69) is 5.32 Å². The van der Waals surface area contributed by atoms with Crippen LogP contribution >= 0.6 is 0 Å². The van der Waals surface area contributed by atoms with Gasteiger partial charge in [0, 0.05) is 12.2 Å². The molecule has 3 amide bonds. The molecule has 1 saturated heterocycles. The van der Waals surface area contributed by atoms with Crippen molar-refractivity contribution in [2.45, 2.75) is 46.0 Å². The number of hydrogen-bond donors (Lipinski definition) is 1. The Bertz CT molecular complexity index is 780. The maximum atomic E-state index is 12.4. The van der Waals surface area contributed by atoms with E-state index in [0.29, 0.717) is 5.69 Å². The molecular formula is C21H26N2O5. The topological polar surface area (TPSA) is 92.8 Å². The van der Waals surface area contributed by atoms with Gasteiger partial charge in [-0.15, -0.1) is 0 Å². The minimum absolute atomic E-state index is 0.0160. The molecule has 0 spiro atoms. The molecule has 1 N–H and O–H groups in total. The molecule has 2 fully saturated rings. The van der Waals surface area contributed by atoms with E-state index in [0.717, 1.165) is 36.8 Å². The van der Waals surface area contributed by atoms with Crippen LogP contribution in [-0.4, -0.2) is 41.7 Å². The Kier molecular flexibility index (Phi) is 6.11.